The van der Waals surface area contributed by atoms with E-state index in [0.29, 0.717) is 61.7 Å². The number of sulfonamides is 1. The van der Waals surface area contributed by atoms with Crippen LogP contribution in [0.4, 0.5) is 17.1 Å². The molecule has 0 aliphatic carbocycles. The number of anilines is 3. The molecule has 212 valence electrons. The Bertz CT molecular complexity index is 1520. The first kappa shape index (κ1) is 28.8. The van der Waals surface area contributed by atoms with E-state index in [-0.39, 0.29) is 27.4 Å². The van der Waals surface area contributed by atoms with Crippen molar-refractivity contribution in [3.8, 4) is 0 Å². The fraction of sp³-hybridized carbons (Fsp3) is 0.321. The number of morpholine rings is 1. The lowest BCUT2D eigenvalue weighted by Gasteiger charge is -2.41. The van der Waals surface area contributed by atoms with Gasteiger partial charge < -0.3 is 19.4 Å². The van der Waals surface area contributed by atoms with Crippen molar-refractivity contribution >= 4 is 67.8 Å². The van der Waals surface area contributed by atoms with Crippen LogP contribution < -0.4 is 14.5 Å². The molecule has 3 aromatic carbocycles. The van der Waals surface area contributed by atoms with Gasteiger partial charge in [0.05, 0.1) is 40.3 Å². The summed E-state index contributed by atoms with van der Waals surface area (Å²) in [5, 5.41) is 1.20. The predicted molar refractivity (Wildman–Crippen MR) is 161 cm³/mol. The molecule has 8 nitrogen and oxygen atoms in total. The van der Waals surface area contributed by atoms with Crippen LogP contribution in [0.1, 0.15) is 17.3 Å². The largest absolute Gasteiger partial charge is 0.378 e. The lowest BCUT2D eigenvalue weighted by atomic mass is 10.1. The minimum atomic E-state index is -4.11. The zero-order valence-electron chi connectivity index (χ0n) is 21.8. The van der Waals surface area contributed by atoms with Crippen LogP contribution in [0.15, 0.2) is 65.6 Å². The summed E-state index contributed by atoms with van der Waals surface area (Å²) in [4.78, 5) is 19.3. The predicted octanol–water partition coefficient (Wildman–Crippen LogP) is 5.64. The first-order valence-corrected chi connectivity index (χ1v) is 15.5. The van der Waals surface area contributed by atoms with E-state index >= 15 is 0 Å². The molecule has 1 N–H and O–H groups in total. The summed E-state index contributed by atoms with van der Waals surface area (Å²) in [6, 6.07) is 16.7. The molecule has 0 spiro atoms. The third-order valence-corrected chi connectivity index (χ3v) is 9.51. The van der Waals surface area contributed by atoms with Gasteiger partial charge in [0.15, 0.2) is 0 Å². The molecule has 0 saturated carbocycles. The topological polar surface area (TPSA) is 82.2 Å². The summed E-state index contributed by atoms with van der Waals surface area (Å²) < 4.78 is 35.2. The molecule has 1 amide bonds. The molecule has 2 fully saturated rings. The minimum Gasteiger partial charge on any atom is -0.378 e. The van der Waals surface area contributed by atoms with Crippen LogP contribution in [0.2, 0.25) is 15.1 Å². The molecule has 0 radical (unpaired) electrons. The van der Waals surface area contributed by atoms with Gasteiger partial charge in [-0.3, -0.25) is 9.52 Å². The van der Waals surface area contributed by atoms with Crippen LogP contribution >= 0.6 is 34.8 Å². The Balaban J connectivity index is 1.35. The first-order valence-electron chi connectivity index (χ1n) is 12.9. The fourth-order valence-corrected chi connectivity index (χ4v) is 7.06. The molecule has 5 rings (SSSR count). The Morgan fingerprint density at radius 2 is 1.60 bits per heavy atom. The molecule has 2 saturated heterocycles. The zero-order valence-corrected chi connectivity index (χ0v) is 24.9. The molecular formula is C28H29Cl3N4O4S. The van der Waals surface area contributed by atoms with Gasteiger partial charge in [0.25, 0.3) is 15.9 Å². The summed E-state index contributed by atoms with van der Waals surface area (Å²) >= 11 is 18.9. The second-order valence-corrected chi connectivity index (χ2v) is 12.7. The number of hydrogen-bond donors (Lipinski definition) is 1. The van der Waals surface area contributed by atoms with E-state index < -0.39 is 10.0 Å². The third-order valence-electron chi connectivity index (χ3n) is 7.11. The number of piperazine rings is 1. The van der Waals surface area contributed by atoms with Gasteiger partial charge in [-0.1, -0.05) is 46.9 Å². The van der Waals surface area contributed by atoms with Crippen LogP contribution in [0.5, 0.6) is 0 Å². The number of hydrogen-bond acceptors (Lipinski definition) is 6. The Morgan fingerprint density at radius 3 is 2.35 bits per heavy atom. The van der Waals surface area contributed by atoms with E-state index in [1.54, 1.807) is 35.2 Å². The average molecular weight is 624 g/mol. The van der Waals surface area contributed by atoms with E-state index in [0.717, 1.165) is 11.4 Å². The van der Waals surface area contributed by atoms with E-state index in [2.05, 4.69) is 14.5 Å². The van der Waals surface area contributed by atoms with Gasteiger partial charge in [0.1, 0.15) is 4.90 Å². The molecule has 0 bridgehead atoms. The van der Waals surface area contributed by atoms with Crippen LogP contribution in [-0.2, 0) is 14.8 Å². The molecular weight excluding hydrogens is 595 g/mol. The maximum Gasteiger partial charge on any atom is 0.263 e. The fourth-order valence-electron chi connectivity index (χ4n) is 5.05. The van der Waals surface area contributed by atoms with Gasteiger partial charge in [0.2, 0.25) is 0 Å². The molecule has 3 aromatic rings. The molecule has 2 heterocycles. The average Bonchev–Trinajstić information content (AvgIpc) is 2.94. The summed E-state index contributed by atoms with van der Waals surface area (Å²) in [5.74, 6) is -0.272. The summed E-state index contributed by atoms with van der Waals surface area (Å²) in [5.41, 5.74) is 2.24. The van der Waals surface area contributed by atoms with Crippen LogP contribution in [-0.4, -0.2) is 71.2 Å². The van der Waals surface area contributed by atoms with E-state index in [1.807, 2.05) is 25.1 Å². The summed E-state index contributed by atoms with van der Waals surface area (Å²) in [6.07, 6.45) is 0. The van der Waals surface area contributed by atoms with Crippen LogP contribution in [0, 0.1) is 0 Å². The van der Waals surface area contributed by atoms with Crippen molar-refractivity contribution in [3.05, 3.63) is 81.3 Å². The van der Waals surface area contributed by atoms with Crippen molar-refractivity contribution < 1.29 is 17.9 Å². The standard InChI is InChI=1S/C28H29Cl3N4O4S/c1-19-18-34(26-17-21(29)7-9-22(26)30)10-11-35(19)28(36)20-6-8-23(31)27(16-20)40(37,38)32-24-4-2-3-5-25(24)33-12-14-39-15-13-33/h2-9,16-17,19,32H,10-15,18H2,1H3. The third kappa shape index (κ3) is 6.14. The van der Waals surface area contributed by atoms with Crippen molar-refractivity contribution in [3.63, 3.8) is 0 Å². The number of ether oxygens (including phenoxy) is 1. The van der Waals surface area contributed by atoms with E-state index in [1.165, 1.54) is 12.1 Å². The number of halogens is 3. The van der Waals surface area contributed by atoms with Crippen molar-refractivity contribution in [2.45, 2.75) is 17.9 Å². The highest BCUT2D eigenvalue weighted by Gasteiger charge is 2.30. The maximum atomic E-state index is 13.6. The molecule has 2 aliphatic heterocycles. The molecule has 1 atom stereocenters. The normalized spacial score (nSPS) is 18.1. The smallest absolute Gasteiger partial charge is 0.263 e. The number of carbonyl (C=O) groups is 1. The molecule has 1 unspecified atom stereocenters. The highest BCUT2D eigenvalue weighted by atomic mass is 35.5. The number of nitrogens with one attached hydrogen (secondary N) is 1. The number of nitrogens with zero attached hydrogens (tertiary/aromatic N) is 3. The van der Waals surface area contributed by atoms with Crippen LogP contribution in [0.3, 0.4) is 0 Å². The van der Waals surface area contributed by atoms with E-state index in [9.17, 15) is 13.2 Å². The van der Waals surface area contributed by atoms with Crippen molar-refractivity contribution in [1.82, 2.24) is 4.90 Å². The monoisotopic (exact) mass is 622 g/mol. The van der Waals surface area contributed by atoms with Gasteiger partial charge in [-0.2, -0.15) is 0 Å². The number of para-hydroxylation sites is 2. The van der Waals surface area contributed by atoms with E-state index in [4.69, 9.17) is 39.5 Å². The van der Waals surface area contributed by atoms with Crippen LogP contribution in [0.25, 0.3) is 0 Å². The molecule has 12 heteroatoms. The van der Waals surface area contributed by atoms with Gasteiger partial charge in [-0.15, -0.1) is 0 Å². The first-order chi connectivity index (χ1) is 19.1. The van der Waals surface area contributed by atoms with Gasteiger partial charge >= 0.3 is 0 Å². The Labute approximate surface area is 249 Å². The minimum absolute atomic E-state index is 0.0290. The molecule has 0 aromatic heterocycles. The quantitative estimate of drug-likeness (QED) is 0.383. The van der Waals surface area contributed by atoms with Gasteiger partial charge in [-0.25, -0.2) is 8.42 Å². The number of amides is 1. The maximum absolute atomic E-state index is 13.6. The summed E-state index contributed by atoms with van der Waals surface area (Å²) in [6.45, 7) is 5.90. The Morgan fingerprint density at radius 1 is 0.875 bits per heavy atom. The SMILES string of the molecule is CC1CN(c2cc(Cl)ccc2Cl)CCN1C(=O)c1ccc(Cl)c(S(=O)(=O)Nc2ccccc2N2CCOCC2)c1. The molecule has 40 heavy (non-hydrogen) atoms. The lowest BCUT2D eigenvalue weighted by molar-refractivity contribution is 0.0674. The highest BCUT2D eigenvalue weighted by Crippen LogP contribution is 2.33. The Hall–Kier alpha value is -2.69. The van der Waals surface area contributed by atoms with Gasteiger partial charge in [-0.05, 0) is 55.5 Å². The number of benzene rings is 3. The van der Waals surface area contributed by atoms with Crippen molar-refractivity contribution in [2.75, 3.05) is 60.5 Å². The number of rotatable bonds is 6. The van der Waals surface area contributed by atoms with Gasteiger partial charge in [0, 0.05) is 49.4 Å². The number of carbonyl (C=O) groups excluding carboxylic acids is 1. The highest BCUT2D eigenvalue weighted by molar-refractivity contribution is 7.92. The Kier molecular flexibility index (Phi) is 8.68. The van der Waals surface area contributed by atoms with Crippen molar-refractivity contribution in [1.29, 1.82) is 0 Å². The second-order valence-electron chi connectivity index (χ2n) is 9.76. The molecule has 2 aliphatic rings. The summed E-state index contributed by atoms with van der Waals surface area (Å²) in [7, 11) is -4.11. The zero-order chi connectivity index (χ0) is 28.4. The van der Waals surface area contributed by atoms with Crippen molar-refractivity contribution in [2.24, 2.45) is 0 Å². The second kappa shape index (κ2) is 12.0. The lowest BCUT2D eigenvalue weighted by Crippen LogP contribution is -2.54.